The molecule has 0 saturated heterocycles. The Bertz CT molecular complexity index is 1660. The van der Waals surface area contributed by atoms with Crippen molar-refractivity contribution in [2.75, 3.05) is 18.4 Å². The average molecular weight is 618 g/mol. The smallest absolute Gasteiger partial charge is 0.256 e. The molecule has 3 aromatic rings. The van der Waals surface area contributed by atoms with Crippen molar-refractivity contribution >= 4 is 62.2 Å². The number of fused-ring (bicyclic) bond motifs is 1. The summed E-state index contributed by atoms with van der Waals surface area (Å²) in [7, 11) is -3.86. The number of hydrogen-bond donors (Lipinski definition) is 5. The SMILES string of the molecule is Cc1[nH]c(C=C2C(=O)Nc3ccc(S(=O)(=O)Cc4c(Cl)cccc4Cl)cc32)c(C)c1C(=O)NCC(O)CNC1CC1. The molecular formula is C29H30Cl2N4O5S. The molecule has 2 amide bonds. The first-order chi connectivity index (χ1) is 19.4. The molecule has 0 bridgehead atoms. The molecule has 0 spiro atoms. The van der Waals surface area contributed by atoms with Crippen LogP contribution in [0.15, 0.2) is 41.3 Å². The van der Waals surface area contributed by atoms with E-state index >= 15 is 0 Å². The molecule has 1 fully saturated rings. The van der Waals surface area contributed by atoms with Gasteiger partial charge in [0.15, 0.2) is 9.84 Å². The van der Waals surface area contributed by atoms with E-state index in [0.29, 0.717) is 51.9 Å². The summed E-state index contributed by atoms with van der Waals surface area (Å²) in [6.45, 7) is 4.02. The van der Waals surface area contributed by atoms with Crippen LogP contribution in [-0.4, -0.2) is 55.6 Å². The Morgan fingerprint density at radius 3 is 2.54 bits per heavy atom. The fourth-order valence-corrected chi connectivity index (χ4v) is 6.93. The first-order valence-corrected chi connectivity index (χ1v) is 15.6. The van der Waals surface area contributed by atoms with Crippen molar-refractivity contribution in [3.05, 3.63) is 80.1 Å². The molecule has 1 aromatic heterocycles. The standard InChI is InChI=1S/C29H30Cl2N4O5S/c1-15-26(34-16(2)27(15)29(38)33-13-18(36)12-32-17-6-7-17)11-21-20-10-19(8-9-25(20)35-28(21)37)41(39,40)14-22-23(30)4-3-5-24(22)31/h3-5,8-11,17-18,32,34,36H,6-7,12-14H2,1-2H3,(H,33,38)(H,35,37). The van der Waals surface area contributed by atoms with E-state index in [0.717, 1.165) is 12.8 Å². The van der Waals surface area contributed by atoms with Gasteiger partial charge in [-0.05, 0) is 68.7 Å². The van der Waals surface area contributed by atoms with Gasteiger partial charge in [-0.25, -0.2) is 8.42 Å². The second-order valence-corrected chi connectivity index (χ2v) is 13.2. The van der Waals surface area contributed by atoms with Gasteiger partial charge >= 0.3 is 0 Å². The van der Waals surface area contributed by atoms with Crippen molar-refractivity contribution in [3.63, 3.8) is 0 Å². The topological polar surface area (TPSA) is 140 Å². The number of aliphatic hydroxyl groups excluding tert-OH is 1. The minimum Gasteiger partial charge on any atom is -0.390 e. The normalized spacial score (nSPS) is 16.5. The number of H-pyrrole nitrogens is 1. The maximum absolute atomic E-state index is 13.3. The molecule has 2 heterocycles. The summed E-state index contributed by atoms with van der Waals surface area (Å²) >= 11 is 12.4. The molecule has 1 aliphatic carbocycles. The van der Waals surface area contributed by atoms with Crippen LogP contribution in [0.4, 0.5) is 5.69 Å². The highest BCUT2D eigenvalue weighted by Crippen LogP contribution is 2.37. The van der Waals surface area contributed by atoms with E-state index in [9.17, 15) is 23.1 Å². The number of nitrogens with one attached hydrogen (secondary N) is 4. The van der Waals surface area contributed by atoms with Crippen LogP contribution >= 0.6 is 23.2 Å². The van der Waals surface area contributed by atoms with Crippen molar-refractivity contribution in [1.29, 1.82) is 0 Å². The number of aromatic amines is 1. The van der Waals surface area contributed by atoms with Gasteiger partial charge in [-0.2, -0.15) is 0 Å². The van der Waals surface area contributed by atoms with Gasteiger partial charge in [0.05, 0.1) is 27.9 Å². The third-order valence-electron chi connectivity index (χ3n) is 7.24. The largest absolute Gasteiger partial charge is 0.390 e. The molecule has 0 radical (unpaired) electrons. The maximum atomic E-state index is 13.3. The minimum atomic E-state index is -3.86. The number of halogens is 2. The lowest BCUT2D eigenvalue weighted by Crippen LogP contribution is -2.38. The number of carbonyl (C=O) groups excluding carboxylic acids is 2. The predicted octanol–water partition coefficient (Wildman–Crippen LogP) is 4.25. The Kier molecular flexibility index (Phi) is 8.31. The molecule has 9 nitrogen and oxygen atoms in total. The van der Waals surface area contributed by atoms with Gasteiger partial charge in [0.25, 0.3) is 11.8 Å². The van der Waals surface area contributed by atoms with Crippen LogP contribution in [0.5, 0.6) is 0 Å². The highest BCUT2D eigenvalue weighted by Gasteiger charge is 2.29. The molecule has 216 valence electrons. The van der Waals surface area contributed by atoms with Gasteiger partial charge in [0.1, 0.15) is 0 Å². The van der Waals surface area contributed by atoms with Crippen molar-refractivity contribution in [3.8, 4) is 0 Å². The summed E-state index contributed by atoms with van der Waals surface area (Å²) in [4.78, 5) is 29.0. The molecule has 2 aromatic carbocycles. The molecule has 5 rings (SSSR count). The Hall–Kier alpha value is -3.15. The fourth-order valence-electron chi connectivity index (χ4n) is 4.81. The number of sulfone groups is 1. The van der Waals surface area contributed by atoms with E-state index in [2.05, 4.69) is 20.9 Å². The summed E-state index contributed by atoms with van der Waals surface area (Å²) < 4.78 is 26.6. The van der Waals surface area contributed by atoms with Crippen molar-refractivity contribution < 1.29 is 23.1 Å². The molecule has 5 N–H and O–H groups in total. The first-order valence-electron chi connectivity index (χ1n) is 13.2. The Labute approximate surface area is 248 Å². The quantitative estimate of drug-likeness (QED) is 0.216. The Morgan fingerprint density at radius 2 is 1.85 bits per heavy atom. The molecule has 1 aliphatic heterocycles. The summed E-state index contributed by atoms with van der Waals surface area (Å²) in [6, 6.07) is 9.69. The molecule has 1 atom stereocenters. The van der Waals surface area contributed by atoms with Crippen LogP contribution in [0, 0.1) is 13.8 Å². The van der Waals surface area contributed by atoms with Crippen molar-refractivity contribution in [2.24, 2.45) is 0 Å². The summed E-state index contributed by atoms with van der Waals surface area (Å²) in [5, 5.41) is 19.4. The van der Waals surface area contributed by atoms with Gasteiger partial charge in [0.2, 0.25) is 0 Å². The number of rotatable bonds is 10. The zero-order valence-electron chi connectivity index (χ0n) is 22.5. The molecule has 1 unspecified atom stereocenters. The zero-order valence-corrected chi connectivity index (χ0v) is 24.8. The third kappa shape index (κ3) is 6.37. The Balaban J connectivity index is 1.39. The monoisotopic (exact) mass is 616 g/mol. The first kappa shape index (κ1) is 29.3. The van der Waals surface area contributed by atoms with Gasteiger partial charge in [-0.1, -0.05) is 29.3 Å². The highest BCUT2D eigenvalue weighted by molar-refractivity contribution is 7.90. The molecular weight excluding hydrogens is 587 g/mol. The van der Waals surface area contributed by atoms with Crippen LogP contribution in [0.3, 0.4) is 0 Å². The van der Waals surface area contributed by atoms with Crippen molar-refractivity contribution in [2.45, 2.75) is 49.5 Å². The van der Waals surface area contributed by atoms with Gasteiger partial charge in [-0.15, -0.1) is 0 Å². The van der Waals surface area contributed by atoms with E-state index in [-0.39, 0.29) is 33.0 Å². The number of aryl methyl sites for hydroxylation is 1. The van der Waals surface area contributed by atoms with E-state index < -0.39 is 27.6 Å². The number of carbonyl (C=O) groups is 2. The molecule has 41 heavy (non-hydrogen) atoms. The second-order valence-electron chi connectivity index (χ2n) is 10.4. The highest BCUT2D eigenvalue weighted by atomic mass is 35.5. The number of amides is 2. The third-order valence-corrected chi connectivity index (χ3v) is 9.59. The number of benzene rings is 2. The van der Waals surface area contributed by atoms with Gasteiger partial charge < -0.3 is 26.0 Å². The number of anilines is 1. The van der Waals surface area contributed by atoms with Crippen molar-refractivity contribution in [1.82, 2.24) is 15.6 Å². The predicted molar refractivity (Wildman–Crippen MR) is 160 cm³/mol. The molecule has 2 aliphatic rings. The Morgan fingerprint density at radius 1 is 1.15 bits per heavy atom. The van der Waals surface area contributed by atoms with Crippen LogP contribution in [0.1, 0.15) is 51.3 Å². The van der Waals surface area contributed by atoms with E-state index in [1.807, 2.05) is 0 Å². The number of aromatic nitrogens is 1. The lowest BCUT2D eigenvalue weighted by Gasteiger charge is -2.13. The minimum absolute atomic E-state index is 0.0174. The van der Waals surface area contributed by atoms with Gasteiger partial charge in [-0.3, -0.25) is 9.59 Å². The second kappa shape index (κ2) is 11.6. The van der Waals surface area contributed by atoms with E-state index in [1.165, 1.54) is 12.1 Å². The van der Waals surface area contributed by atoms with E-state index in [1.54, 1.807) is 44.2 Å². The lowest BCUT2D eigenvalue weighted by molar-refractivity contribution is -0.110. The number of hydrogen-bond acceptors (Lipinski definition) is 6. The number of aliphatic hydroxyl groups is 1. The fraction of sp³-hybridized carbons (Fsp3) is 0.310. The molecule has 12 heteroatoms. The molecule has 1 saturated carbocycles. The zero-order chi connectivity index (χ0) is 29.5. The summed E-state index contributed by atoms with van der Waals surface area (Å²) in [5.74, 6) is -1.13. The summed E-state index contributed by atoms with van der Waals surface area (Å²) in [6.07, 6.45) is 3.11. The summed E-state index contributed by atoms with van der Waals surface area (Å²) in [5.41, 5.74) is 3.64. The lowest BCUT2D eigenvalue weighted by atomic mass is 10.0. The van der Waals surface area contributed by atoms with Crippen LogP contribution < -0.4 is 16.0 Å². The maximum Gasteiger partial charge on any atom is 0.256 e. The van der Waals surface area contributed by atoms with Gasteiger partial charge in [0, 0.05) is 57.4 Å². The average Bonchev–Trinajstić information content (AvgIpc) is 3.64. The van der Waals surface area contributed by atoms with Crippen LogP contribution in [-0.2, 0) is 20.4 Å². The van der Waals surface area contributed by atoms with Crippen LogP contribution in [0.25, 0.3) is 11.6 Å². The van der Waals surface area contributed by atoms with Crippen LogP contribution in [0.2, 0.25) is 10.0 Å². The van der Waals surface area contributed by atoms with E-state index in [4.69, 9.17) is 23.2 Å².